The normalized spacial score (nSPS) is 9.27. The number of nitrogens with zero attached hydrogens (tertiary/aromatic N) is 1. The fourth-order valence-electron chi connectivity index (χ4n) is 1.52. The monoisotopic (exact) mass is 296 g/mol. The Bertz CT molecular complexity index is 633. The number of carbonyl (C=O) groups excluding carboxylic acids is 1. The van der Waals surface area contributed by atoms with Crippen molar-refractivity contribution in [3.63, 3.8) is 0 Å². The number of benzene rings is 1. The molecule has 1 aromatic carbocycles. The molecular weight excluding hydrogens is 280 g/mol. The van der Waals surface area contributed by atoms with Crippen molar-refractivity contribution in [2.45, 2.75) is 0 Å². The summed E-state index contributed by atoms with van der Waals surface area (Å²) in [4.78, 5) is 15.5. The molecule has 1 N–H and O–H groups in total. The fraction of sp³-hybridized carbons (Fsp3) is 0.176. The molecule has 0 spiro atoms. The van der Waals surface area contributed by atoms with Crippen LogP contribution < -0.4 is 14.8 Å². The minimum Gasteiger partial charge on any atom is -0.484 e. The number of nitrogens with one attached hydrogen (secondary N) is 1. The molecule has 0 saturated heterocycles. The topological polar surface area (TPSA) is 60.5 Å². The van der Waals surface area contributed by atoms with Gasteiger partial charge in [0.05, 0.1) is 12.7 Å². The summed E-state index contributed by atoms with van der Waals surface area (Å²) in [7, 11) is 0. The van der Waals surface area contributed by atoms with Crippen LogP contribution in [0.2, 0.25) is 0 Å². The summed E-state index contributed by atoms with van der Waals surface area (Å²) in [5.74, 6) is 6.72. The van der Waals surface area contributed by atoms with E-state index in [4.69, 9.17) is 9.47 Å². The zero-order valence-electron chi connectivity index (χ0n) is 12.0. The highest BCUT2D eigenvalue weighted by molar-refractivity contribution is 5.77. The average Bonchev–Trinajstić information content (AvgIpc) is 2.58. The first kappa shape index (κ1) is 15.4. The van der Waals surface area contributed by atoms with Crippen molar-refractivity contribution < 1.29 is 14.3 Å². The maximum Gasteiger partial charge on any atom is 0.258 e. The molecule has 0 unspecified atom stereocenters. The van der Waals surface area contributed by atoms with Gasteiger partial charge in [-0.15, -0.1) is 0 Å². The Morgan fingerprint density at radius 2 is 1.86 bits per heavy atom. The van der Waals surface area contributed by atoms with E-state index in [1.807, 2.05) is 18.2 Å². The summed E-state index contributed by atoms with van der Waals surface area (Å²) >= 11 is 0. The van der Waals surface area contributed by atoms with E-state index >= 15 is 0 Å². The zero-order chi connectivity index (χ0) is 15.5. The van der Waals surface area contributed by atoms with Crippen LogP contribution >= 0.6 is 0 Å². The highest BCUT2D eigenvalue weighted by atomic mass is 16.5. The van der Waals surface area contributed by atoms with Gasteiger partial charge in [0.15, 0.2) is 6.61 Å². The summed E-state index contributed by atoms with van der Waals surface area (Å²) in [5, 5.41) is 2.65. The molecule has 0 aliphatic carbocycles. The van der Waals surface area contributed by atoms with Crippen molar-refractivity contribution in [2.75, 3.05) is 19.8 Å². The second kappa shape index (κ2) is 9.03. The molecule has 0 aliphatic heterocycles. The minimum absolute atomic E-state index is 0.0299. The number of para-hydroxylation sites is 1. The lowest BCUT2D eigenvalue weighted by molar-refractivity contribution is -0.122. The van der Waals surface area contributed by atoms with Gasteiger partial charge in [0, 0.05) is 6.20 Å². The Balaban J connectivity index is 1.58. The van der Waals surface area contributed by atoms with Gasteiger partial charge in [0.25, 0.3) is 5.91 Å². The van der Waals surface area contributed by atoms with Gasteiger partial charge in [-0.05, 0) is 24.3 Å². The highest BCUT2D eigenvalue weighted by Crippen LogP contribution is 2.07. The van der Waals surface area contributed by atoms with E-state index in [-0.39, 0.29) is 25.7 Å². The van der Waals surface area contributed by atoms with Gasteiger partial charge >= 0.3 is 0 Å². The summed E-state index contributed by atoms with van der Waals surface area (Å²) < 4.78 is 10.7. The molecule has 1 aromatic heterocycles. The molecule has 0 fully saturated rings. The third-order valence-corrected chi connectivity index (χ3v) is 2.56. The molecule has 0 aliphatic rings. The second-order valence-corrected chi connectivity index (χ2v) is 4.21. The molecule has 0 saturated carbocycles. The molecule has 0 atom stereocenters. The molecule has 1 amide bonds. The first-order chi connectivity index (χ1) is 10.8. The van der Waals surface area contributed by atoms with Crippen LogP contribution in [-0.2, 0) is 4.79 Å². The smallest absolute Gasteiger partial charge is 0.258 e. The lowest BCUT2D eigenvalue weighted by Gasteiger charge is -2.05. The van der Waals surface area contributed by atoms with Crippen molar-refractivity contribution >= 4 is 5.91 Å². The molecule has 22 heavy (non-hydrogen) atoms. The predicted octanol–water partition coefficient (Wildman–Crippen LogP) is 1.66. The number of amides is 1. The summed E-state index contributed by atoms with van der Waals surface area (Å²) in [6.07, 6.45) is 3.29. The molecule has 2 aromatic rings. The first-order valence-corrected chi connectivity index (χ1v) is 6.78. The van der Waals surface area contributed by atoms with E-state index in [2.05, 4.69) is 22.1 Å². The van der Waals surface area contributed by atoms with Gasteiger partial charge in [-0.2, -0.15) is 0 Å². The SMILES string of the molecule is O=C(COc1ccccc1)NCC#CCOc1cccnc1. The molecule has 0 bridgehead atoms. The van der Waals surface area contributed by atoms with E-state index in [0.717, 1.165) is 0 Å². The van der Waals surface area contributed by atoms with Crippen LogP contribution in [0.5, 0.6) is 11.5 Å². The predicted molar refractivity (Wildman–Crippen MR) is 82.5 cm³/mol. The number of hydrogen-bond donors (Lipinski definition) is 1. The van der Waals surface area contributed by atoms with Crippen LogP contribution in [0.4, 0.5) is 0 Å². The van der Waals surface area contributed by atoms with Gasteiger partial charge in [-0.3, -0.25) is 9.78 Å². The van der Waals surface area contributed by atoms with Crippen LogP contribution in [0.1, 0.15) is 0 Å². The standard InChI is InChI=1S/C17H16N2O3/c20-17(14-22-15-7-2-1-3-8-15)19-11-4-5-12-21-16-9-6-10-18-13-16/h1-3,6-10,13H,11-12,14H2,(H,19,20). The van der Waals surface area contributed by atoms with Gasteiger partial charge < -0.3 is 14.8 Å². The van der Waals surface area contributed by atoms with Gasteiger partial charge in [-0.25, -0.2) is 0 Å². The Morgan fingerprint density at radius 3 is 2.64 bits per heavy atom. The van der Waals surface area contributed by atoms with E-state index < -0.39 is 0 Å². The first-order valence-electron chi connectivity index (χ1n) is 6.78. The van der Waals surface area contributed by atoms with Crippen molar-refractivity contribution in [3.8, 4) is 23.3 Å². The molecule has 1 heterocycles. The van der Waals surface area contributed by atoms with Crippen LogP contribution in [0, 0.1) is 11.8 Å². The number of pyridine rings is 1. The zero-order valence-corrected chi connectivity index (χ0v) is 12.0. The summed E-state index contributed by atoms with van der Waals surface area (Å²) in [5.41, 5.74) is 0. The molecule has 5 heteroatoms. The largest absolute Gasteiger partial charge is 0.484 e. The van der Waals surface area contributed by atoms with Crippen LogP contribution in [0.25, 0.3) is 0 Å². The average molecular weight is 296 g/mol. The molecule has 2 rings (SSSR count). The Kier molecular flexibility index (Phi) is 6.32. The Hall–Kier alpha value is -3.00. The number of hydrogen-bond acceptors (Lipinski definition) is 4. The minimum atomic E-state index is -0.216. The van der Waals surface area contributed by atoms with E-state index in [1.54, 1.807) is 36.7 Å². The van der Waals surface area contributed by atoms with E-state index in [9.17, 15) is 4.79 Å². The van der Waals surface area contributed by atoms with Crippen molar-refractivity contribution in [2.24, 2.45) is 0 Å². The van der Waals surface area contributed by atoms with E-state index in [1.165, 1.54) is 0 Å². The molecular formula is C17H16N2O3. The molecule has 112 valence electrons. The Morgan fingerprint density at radius 1 is 1.05 bits per heavy atom. The molecule has 5 nitrogen and oxygen atoms in total. The third kappa shape index (κ3) is 5.97. The fourth-order valence-corrected chi connectivity index (χ4v) is 1.52. The van der Waals surface area contributed by atoms with Crippen molar-refractivity contribution in [1.82, 2.24) is 10.3 Å². The van der Waals surface area contributed by atoms with Gasteiger partial charge in [0.2, 0.25) is 0 Å². The lowest BCUT2D eigenvalue weighted by atomic mass is 10.3. The number of carbonyl (C=O) groups is 1. The maximum absolute atomic E-state index is 11.5. The Labute approximate surface area is 129 Å². The number of ether oxygens (including phenoxy) is 2. The third-order valence-electron chi connectivity index (χ3n) is 2.56. The van der Waals surface area contributed by atoms with Crippen LogP contribution in [0.15, 0.2) is 54.9 Å². The number of aromatic nitrogens is 1. The van der Waals surface area contributed by atoms with E-state index in [0.29, 0.717) is 11.5 Å². The van der Waals surface area contributed by atoms with Crippen molar-refractivity contribution in [3.05, 3.63) is 54.9 Å². The van der Waals surface area contributed by atoms with Gasteiger partial charge in [-0.1, -0.05) is 30.0 Å². The molecule has 0 radical (unpaired) electrons. The maximum atomic E-state index is 11.5. The summed E-state index contributed by atoms with van der Waals surface area (Å²) in [6, 6.07) is 12.8. The second-order valence-electron chi connectivity index (χ2n) is 4.21. The highest BCUT2D eigenvalue weighted by Gasteiger charge is 2.00. The number of rotatable bonds is 6. The summed E-state index contributed by atoms with van der Waals surface area (Å²) in [6.45, 7) is 0.480. The van der Waals surface area contributed by atoms with Gasteiger partial charge in [0.1, 0.15) is 18.1 Å². The van der Waals surface area contributed by atoms with Crippen LogP contribution in [-0.4, -0.2) is 30.6 Å². The quantitative estimate of drug-likeness (QED) is 0.824. The van der Waals surface area contributed by atoms with Crippen LogP contribution in [0.3, 0.4) is 0 Å². The lowest BCUT2D eigenvalue weighted by Crippen LogP contribution is -2.29. The van der Waals surface area contributed by atoms with Crippen molar-refractivity contribution in [1.29, 1.82) is 0 Å².